The standard InChI is InChI=1S/C25H31ClN4O8S3/c1-14(13-39)24(31)30(25(32)33)12-18(8-15(30)2)38-17-6-4-16(5-7-17)9-23-28-20-10-19(26)21(40(27,34)35)11-22(20)41(36,37)29(23)3/h4-7,10-11,14-15,18,23,28H,8-9,12-13H2,1-3H3,(H3-,27,32,33,34,35,39)/p+1/t14-,15?,18?,23?,30+/m1/s1. The van der Waals surface area contributed by atoms with Gasteiger partial charge in [-0.3, -0.25) is 0 Å². The third-order valence-electron chi connectivity index (χ3n) is 7.69. The van der Waals surface area contributed by atoms with Crippen molar-refractivity contribution < 1.29 is 40.8 Å². The number of hydrogen-bond acceptors (Lipinski definition) is 9. The molecule has 0 spiro atoms. The molecule has 0 saturated carbocycles. The molecule has 4 rings (SSSR count). The molecule has 0 radical (unpaired) electrons. The van der Waals surface area contributed by atoms with Crippen LogP contribution in [0.2, 0.25) is 5.02 Å². The highest BCUT2D eigenvalue weighted by molar-refractivity contribution is 7.90. The summed E-state index contributed by atoms with van der Waals surface area (Å²) in [5.74, 6) is -0.197. The van der Waals surface area contributed by atoms with Gasteiger partial charge >= 0.3 is 12.0 Å². The largest absolute Gasteiger partial charge is 0.521 e. The number of hydrogen-bond donors (Lipinski definition) is 4. The Kier molecular flexibility index (Phi) is 8.73. The number of thiol groups is 1. The third kappa shape index (κ3) is 5.81. The topological polar surface area (TPSA) is 173 Å². The SMILES string of the molecule is CC1CC(Oc2ccc(CC3Nc4cc(Cl)c(S(N)(=O)=O)cc4S(=O)(=O)N3C)cc2)C[N@@+]1(C(=O)O)C(=O)[C@H](C)CS. The van der Waals surface area contributed by atoms with Crippen molar-refractivity contribution in [2.24, 2.45) is 11.1 Å². The first kappa shape index (κ1) is 31.5. The Balaban J connectivity index is 1.49. The predicted molar refractivity (Wildman–Crippen MR) is 155 cm³/mol. The molecule has 0 aliphatic carbocycles. The minimum absolute atomic E-state index is 0.00100. The maximum Gasteiger partial charge on any atom is 0.521 e. The van der Waals surface area contributed by atoms with Crippen LogP contribution in [-0.4, -0.2) is 80.4 Å². The van der Waals surface area contributed by atoms with Crippen molar-refractivity contribution in [2.75, 3.05) is 24.7 Å². The van der Waals surface area contributed by atoms with Crippen LogP contribution < -0.4 is 15.2 Å². The Hall–Kier alpha value is -2.40. The summed E-state index contributed by atoms with van der Waals surface area (Å²) in [6, 6.07) is 8.62. The van der Waals surface area contributed by atoms with E-state index in [1.54, 1.807) is 38.1 Å². The molecule has 3 unspecified atom stereocenters. The number of quaternary nitrogens is 1. The van der Waals surface area contributed by atoms with Crippen LogP contribution in [-0.2, 0) is 31.3 Å². The maximum absolute atomic E-state index is 13.2. The number of anilines is 1. The molecule has 1 saturated heterocycles. The lowest BCUT2D eigenvalue weighted by molar-refractivity contribution is -0.795. The summed E-state index contributed by atoms with van der Waals surface area (Å²) in [5.41, 5.74) is 0.920. The Morgan fingerprint density at radius 2 is 1.93 bits per heavy atom. The molecule has 12 nitrogen and oxygen atoms in total. The van der Waals surface area contributed by atoms with Crippen molar-refractivity contribution in [3.63, 3.8) is 0 Å². The van der Waals surface area contributed by atoms with Crippen molar-refractivity contribution in [1.29, 1.82) is 0 Å². The average molecular weight is 648 g/mol. The summed E-state index contributed by atoms with van der Waals surface area (Å²) in [7, 11) is -6.93. The van der Waals surface area contributed by atoms with Crippen LogP contribution in [0.25, 0.3) is 0 Å². The summed E-state index contributed by atoms with van der Waals surface area (Å²) in [6.07, 6.45) is -1.79. The summed E-state index contributed by atoms with van der Waals surface area (Å²) in [6.45, 7) is 3.39. The van der Waals surface area contributed by atoms with Gasteiger partial charge in [-0.15, -0.1) is 0 Å². The molecule has 41 heavy (non-hydrogen) atoms. The number of nitrogens with one attached hydrogen (secondary N) is 1. The van der Waals surface area contributed by atoms with Gasteiger partial charge in [0.2, 0.25) is 20.0 Å². The first-order chi connectivity index (χ1) is 19.0. The summed E-state index contributed by atoms with van der Waals surface area (Å²) >= 11 is 10.2. The van der Waals surface area contributed by atoms with Gasteiger partial charge in [0.05, 0.1) is 22.8 Å². The minimum atomic E-state index is -4.24. The first-order valence-corrected chi connectivity index (χ1v) is 16.6. The normalized spacial score (nSPS) is 26.5. The Morgan fingerprint density at radius 1 is 1.29 bits per heavy atom. The van der Waals surface area contributed by atoms with Crippen LogP contribution >= 0.6 is 24.2 Å². The van der Waals surface area contributed by atoms with Gasteiger partial charge in [-0.05, 0) is 43.7 Å². The van der Waals surface area contributed by atoms with Crippen molar-refractivity contribution in [2.45, 2.75) is 54.8 Å². The van der Waals surface area contributed by atoms with Crippen LogP contribution in [0.5, 0.6) is 5.75 Å². The number of halogens is 1. The zero-order chi connectivity index (χ0) is 30.5. The van der Waals surface area contributed by atoms with E-state index in [1.807, 2.05) is 0 Å². The second-order valence-electron chi connectivity index (χ2n) is 10.4. The number of nitrogens with two attached hydrogens (primary N) is 1. The molecule has 2 aliphatic rings. The van der Waals surface area contributed by atoms with E-state index in [9.17, 15) is 31.5 Å². The zero-order valence-electron chi connectivity index (χ0n) is 22.5. The van der Waals surface area contributed by atoms with Crippen LogP contribution in [0.15, 0.2) is 46.2 Å². The highest BCUT2D eigenvalue weighted by atomic mass is 35.5. The van der Waals surface area contributed by atoms with Gasteiger partial charge in [0.25, 0.3) is 0 Å². The second kappa shape index (κ2) is 11.4. The van der Waals surface area contributed by atoms with Gasteiger partial charge in [0, 0.05) is 25.6 Å². The second-order valence-corrected chi connectivity index (χ2v) is 14.7. The predicted octanol–water partition coefficient (Wildman–Crippen LogP) is 2.73. The van der Waals surface area contributed by atoms with E-state index in [0.717, 1.165) is 15.9 Å². The van der Waals surface area contributed by atoms with Crippen LogP contribution in [0.4, 0.5) is 10.5 Å². The number of ether oxygens (including phenoxy) is 1. The molecule has 2 amide bonds. The molecule has 224 valence electrons. The molecule has 1 fully saturated rings. The Bertz CT molecular complexity index is 1590. The summed E-state index contributed by atoms with van der Waals surface area (Å²) < 4.78 is 56.5. The van der Waals surface area contributed by atoms with E-state index < -0.39 is 65.7 Å². The number of carboxylic acid groups (broad SMARTS) is 1. The highest BCUT2D eigenvalue weighted by Gasteiger charge is 2.58. The van der Waals surface area contributed by atoms with E-state index in [4.69, 9.17) is 21.5 Å². The molecule has 4 N–H and O–H groups in total. The minimum Gasteiger partial charge on any atom is -0.484 e. The van der Waals surface area contributed by atoms with Gasteiger partial charge in [0.1, 0.15) is 28.1 Å². The maximum atomic E-state index is 13.2. The number of likely N-dealkylation sites (N-methyl/N-ethyl adjacent to an activating group) is 1. The van der Waals surface area contributed by atoms with Crippen molar-refractivity contribution in [3.05, 3.63) is 47.0 Å². The number of primary sulfonamides is 1. The molecule has 2 aliphatic heterocycles. The van der Waals surface area contributed by atoms with Crippen LogP contribution in [0.1, 0.15) is 25.8 Å². The molecule has 5 atom stereocenters. The quantitative estimate of drug-likeness (QED) is 0.260. The summed E-state index contributed by atoms with van der Waals surface area (Å²) in [5, 5.41) is 18.1. The number of likely N-dealkylation sites (tertiary alicyclic amines) is 1. The van der Waals surface area contributed by atoms with E-state index in [1.165, 1.54) is 13.1 Å². The van der Waals surface area contributed by atoms with Gasteiger partial charge < -0.3 is 15.2 Å². The number of fused-ring (bicyclic) bond motifs is 1. The lowest BCUT2D eigenvalue weighted by atomic mass is 10.1. The fourth-order valence-electron chi connectivity index (χ4n) is 5.33. The number of benzene rings is 2. The number of carbonyl (C=O) groups is 2. The number of rotatable bonds is 7. The monoisotopic (exact) mass is 647 g/mol. The van der Waals surface area contributed by atoms with E-state index in [-0.39, 0.29) is 34.3 Å². The fraction of sp³-hybridized carbons (Fsp3) is 0.440. The van der Waals surface area contributed by atoms with Gasteiger partial charge in [-0.2, -0.15) is 26.2 Å². The van der Waals surface area contributed by atoms with Gasteiger partial charge in [-0.25, -0.2) is 26.8 Å². The Labute approximate surface area is 249 Å². The van der Waals surface area contributed by atoms with Crippen LogP contribution in [0.3, 0.4) is 0 Å². The first-order valence-electron chi connectivity index (χ1n) is 12.7. The van der Waals surface area contributed by atoms with Crippen LogP contribution in [0, 0.1) is 5.92 Å². The van der Waals surface area contributed by atoms with E-state index in [2.05, 4.69) is 17.9 Å². The molecule has 16 heteroatoms. The lowest BCUT2D eigenvalue weighted by Gasteiger charge is -2.35. The number of sulfonamides is 2. The molecular formula is C25H32ClN4O8S3+. The Morgan fingerprint density at radius 3 is 2.49 bits per heavy atom. The lowest BCUT2D eigenvalue weighted by Crippen LogP contribution is -2.61. The number of imide groups is 1. The van der Waals surface area contributed by atoms with Crippen molar-refractivity contribution >= 4 is 62.0 Å². The number of carbonyl (C=O) groups excluding carboxylic acids is 1. The molecule has 0 bridgehead atoms. The zero-order valence-corrected chi connectivity index (χ0v) is 25.8. The van der Waals surface area contributed by atoms with Crippen molar-refractivity contribution in [3.8, 4) is 5.75 Å². The molecule has 2 aromatic carbocycles. The van der Waals surface area contributed by atoms with E-state index >= 15 is 0 Å². The molecule has 0 aromatic heterocycles. The van der Waals surface area contributed by atoms with Gasteiger partial charge in [0.15, 0.2) is 6.10 Å². The summed E-state index contributed by atoms with van der Waals surface area (Å²) in [4.78, 5) is 24.5. The van der Waals surface area contributed by atoms with E-state index in [0.29, 0.717) is 12.2 Å². The molecule has 2 heterocycles. The number of nitrogens with zero attached hydrogens (tertiary/aromatic N) is 2. The van der Waals surface area contributed by atoms with Crippen molar-refractivity contribution in [1.82, 2.24) is 4.31 Å². The average Bonchev–Trinajstić information content (AvgIpc) is 3.22. The molecular weight excluding hydrogens is 616 g/mol. The molecule has 2 aromatic rings. The number of amides is 2. The fourth-order valence-corrected chi connectivity index (χ4v) is 8.10. The highest BCUT2D eigenvalue weighted by Crippen LogP contribution is 2.37. The van der Waals surface area contributed by atoms with Gasteiger partial charge in [-0.1, -0.05) is 23.7 Å². The third-order valence-corrected chi connectivity index (χ3v) is 11.5. The smallest absolute Gasteiger partial charge is 0.484 e.